The number of aryl methyl sites for hydroxylation is 1. The number of carbonyl (C=O) groups excluding carboxylic acids is 1. The van der Waals surface area contributed by atoms with Crippen LogP contribution in [0.5, 0.6) is 11.5 Å². The first-order chi connectivity index (χ1) is 12.3. The third-order valence-electron chi connectivity index (χ3n) is 3.73. The van der Waals surface area contributed by atoms with Crippen LogP contribution >= 0.6 is 23.7 Å². The maximum Gasteiger partial charge on any atom is 0.586 e. The molecule has 0 fully saturated rings. The van der Waals surface area contributed by atoms with Gasteiger partial charge in [0.1, 0.15) is 0 Å². The molecule has 1 amide bonds. The number of aromatic nitrogens is 2. The lowest BCUT2D eigenvalue weighted by molar-refractivity contribution is -0.286. The smallest absolute Gasteiger partial charge is 0.395 e. The third kappa shape index (κ3) is 3.64. The van der Waals surface area contributed by atoms with Gasteiger partial charge in [0.2, 0.25) is 0 Å². The first-order valence-corrected chi connectivity index (χ1v) is 8.34. The summed E-state index contributed by atoms with van der Waals surface area (Å²) in [7, 11) is 0. The maximum absolute atomic E-state index is 13.1. The second kappa shape index (κ2) is 6.87. The molecule has 0 unspecified atom stereocenters. The van der Waals surface area contributed by atoms with Gasteiger partial charge < -0.3 is 15.2 Å². The zero-order valence-electron chi connectivity index (χ0n) is 13.8. The summed E-state index contributed by atoms with van der Waals surface area (Å²) in [6.07, 6.45) is -3.68. The molecule has 0 bridgehead atoms. The molecule has 1 aliphatic heterocycles. The maximum atomic E-state index is 13.1. The van der Waals surface area contributed by atoms with E-state index < -0.39 is 6.29 Å². The summed E-state index contributed by atoms with van der Waals surface area (Å²) >= 11 is 1.14. The Kier molecular flexibility index (Phi) is 4.89. The second-order valence-electron chi connectivity index (χ2n) is 5.55. The van der Waals surface area contributed by atoms with Crippen molar-refractivity contribution in [2.45, 2.75) is 19.8 Å². The first-order valence-electron chi connectivity index (χ1n) is 7.53. The molecule has 142 valence electrons. The van der Waals surface area contributed by atoms with E-state index in [1.807, 2.05) is 0 Å². The van der Waals surface area contributed by atoms with Gasteiger partial charge in [0.05, 0.1) is 27.2 Å². The lowest BCUT2D eigenvalue weighted by Crippen LogP contribution is -2.25. The van der Waals surface area contributed by atoms with E-state index in [0.717, 1.165) is 11.3 Å². The van der Waals surface area contributed by atoms with E-state index in [4.69, 9.17) is 5.73 Å². The van der Waals surface area contributed by atoms with E-state index in [-0.39, 0.29) is 36.4 Å². The predicted molar refractivity (Wildman–Crippen MR) is 97.9 cm³/mol. The highest BCUT2D eigenvalue weighted by molar-refractivity contribution is 7.22. The summed E-state index contributed by atoms with van der Waals surface area (Å²) in [5.74, 6) is -0.534. The highest BCUT2D eigenvalue weighted by Gasteiger charge is 2.43. The Hall–Kier alpha value is -2.56. The molecule has 0 radical (unpaired) electrons. The predicted octanol–water partition coefficient (Wildman–Crippen LogP) is 3.45. The van der Waals surface area contributed by atoms with Gasteiger partial charge in [-0.15, -0.1) is 21.2 Å². The van der Waals surface area contributed by atoms with Crippen LogP contribution in [0.1, 0.15) is 21.7 Å². The van der Waals surface area contributed by atoms with E-state index >= 15 is 0 Å². The Labute approximate surface area is 161 Å². The number of carbonyl (C=O) groups is 1. The van der Waals surface area contributed by atoms with Crippen molar-refractivity contribution in [1.29, 1.82) is 0 Å². The molecule has 7 nitrogen and oxygen atoms in total. The van der Waals surface area contributed by atoms with Crippen LogP contribution in [0.15, 0.2) is 24.3 Å². The molecule has 27 heavy (non-hydrogen) atoms. The molecular formula is C16H13ClF2N4O3S. The van der Waals surface area contributed by atoms with E-state index in [0.29, 0.717) is 32.3 Å². The minimum Gasteiger partial charge on any atom is -0.395 e. The number of amides is 1. The van der Waals surface area contributed by atoms with Gasteiger partial charge in [0, 0.05) is 18.7 Å². The summed E-state index contributed by atoms with van der Waals surface area (Å²) in [5.41, 5.74) is 7.58. The van der Waals surface area contributed by atoms with Gasteiger partial charge in [0.15, 0.2) is 16.6 Å². The van der Waals surface area contributed by atoms with Crippen molar-refractivity contribution in [3.8, 4) is 11.5 Å². The summed E-state index contributed by atoms with van der Waals surface area (Å²) < 4.78 is 35.6. The molecule has 1 aliphatic rings. The zero-order chi connectivity index (χ0) is 18.5. The van der Waals surface area contributed by atoms with Gasteiger partial charge in [-0.3, -0.25) is 15.1 Å². The van der Waals surface area contributed by atoms with Gasteiger partial charge in [-0.1, -0.05) is 11.3 Å². The number of halogens is 3. The van der Waals surface area contributed by atoms with Gasteiger partial charge in [-0.25, -0.2) is 4.98 Å². The fourth-order valence-corrected chi connectivity index (χ4v) is 3.43. The Morgan fingerprint density at radius 3 is 2.63 bits per heavy atom. The second-order valence-corrected chi connectivity index (χ2v) is 6.58. The molecule has 3 heterocycles. The Bertz CT molecular complexity index is 999. The normalized spacial score (nSPS) is 14.1. The van der Waals surface area contributed by atoms with E-state index in [2.05, 4.69) is 24.8 Å². The van der Waals surface area contributed by atoms with Crippen LogP contribution in [0, 0.1) is 6.92 Å². The summed E-state index contributed by atoms with van der Waals surface area (Å²) in [6.45, 7) is 2.00. The molecule has 1 aromatic carbocycles. The number of nitrogens with one attached hydrogen (secondary N) is 1. The largest absolute Gasteiger partial charge is 0.586 e. The van der Waals surface area contributed by atoms with Crippen LogP contribution in [-0.4, -0.2) is 22.2 Å². The Morgan fingerprint density at radius 1 is 1.26 bits per heavy atom. The molecule has 0 atom stereocenters. The van der Waals surface area contributed by atoms with Crippen molar-refractivity contribution < 1.29 is 23.0 Å². The number of nitrogens with two attached hydrogens (primary N) is 1. The molecule has 4 rings (SSSR count). The topological polar surface area (TPSA) is 99.4 Å². The molecule has 2 aromatic heterocycles. The van der Waals surface area contributed by atoms with Crippen LogP contribution in [0.25, 0.3) is 10.2 Å². The lowest BCUT2D eigenvalue weighted by Gasteiger charge is -2.06. The number of benzene rings is 1. The molecule has 3 aromatic rings. The number of nitrogens with zero attached hydrogens (tertiary/aromatic N) is 2. The summed E-state index contributed by atoms with van der Waals surface area (Å²) in [5, 5.41) is 3.01. The minimum atomic E-state index is -3.68. The minimum absolute atomic E-state index is 0. The molecule has 3 N–H and O–H groups in total. The number of pyridine rings is 1. The molecule has 11 heteroatoms. The summed E-state index contributed by atoms with van der Waals surface area (Å²) in [6, 6.07) is 6.08. The lowest BCUT2D eigenvalue weighted by atomic mass is 10.1. The molecule has 0 spiro atoms. The first kappa shape index (κ1) is 19.2. The van der Waals surface area contributed by atoms with Crippen LogP contribution in [0.4, 0.5) is 13.9 Å². The number of anilines is 1. The van der Waals surface area contributed by atoms with Gasteiger partial charge in [-0.05, 0) is 19.1 Å². The molecule has 0 saturated carbocycles. The number of fused-ring (bicyclic) bond motifs is 2. The van der Waals surface area contributed by atoms with E-state index in [1.54, 1.807) is 19.1 Å². The standard InChI is InChI=1S/C16H12F2N4O3S.ClH/c1-7-9(3-2-8(6-19)20-7)14(23)22-15-21-10-4-11-12(5-13(10)26-15)25-16(17,18)24-11;/h2-5H,6,19H2,1H3,(H,21,22,23);1H. The molecular weight excluding hydrogens is 402 g/mol. The number of rotatable bonds is 3. The van der Waals surface area contributed by atoms with Crippen LogP contribution in [0.3, 0.4) is 0 Å². The number of hydrogen-bond donors (Lipinski definition) is 2. The Morgan fingerprint density at radius 2 is 1.96 bits per heavy atom. The summed E-state index contributed by atoms with van der Waals surface area (Å²) in [4.78, 5) is 20.9. The molecule has 0 aliphatic carbocycles. The van der Waals surface area contributed by atoms with Crippen molar-refractivity contribution >= 4 is 45.0 Å². The third-order valence-corrected chi connectivity index (χ3v) is 4.66. The fourth-order valence-electron chi connectivity index (χ4n) is 2.56. The average Bonchev–Trinajstić information content (AvgIpc) is 3.08. The quantitative estimate of drug-likeness (QED) is 0.681. The zero-order valence-corrected chi connectivity index (χ0v) is 15.4. The van der Waals surface area contributed by atoms with E-state index in [1.165, 1.54) is 12.1 Å². The Balaban J connectivity index is 0.00000210. The number of alkyl halides is 2. The number of thiazole rings is 1. The average molecular weight is 415 g/mol. The highest BCUT2D eigenvalue weighted by atomic mass is 35.5. The highest BCUT2D eigenvalue weighted by Crippen LogP contribution is 2.44. The van der Waals surface area contributed by atoms with Gasteiger partial charge in [-0.2, -0.15) is 0 Å². The SMILES string of the molecule is Cc1nc(CN)ccc1C(=O)Nc1nc2cc3c(cc2s1)OC(F)(F)O3.Cl. The van der Waals surface area contributed by atoms with Crippen molar-refractivity contribution in [2.24, 2.45) is 5.73 Å². The van der Waals surface area contributed by atoms with Crippen molar-refractivity contribution in [2.75, 3.05) is 5.32 Å². The van der Waals surface area contributed by atoms with E-state index in [9.17, 15) is 13.6 Å². The van der Waals surface area contributed by atoms with Crippen molar-refractivity contribution in [3.63, 3.8) is 0 Å². The number of ether oxygens (including phenoxy) is 2. The van der Waals surface area contributed by atoms with Crippen molar-refractivity contribution in [3.05, 3.63) is 41.2 Å². The monoisotopic (exact) mass is 414 g/mol. The van der Waals surface area contributed by atoms with Crippen LogP contribution < -0.4 is 20.5 Å². The fraction of sp³-hybridized carbons (Fsp3) is 0.188. The molecule has 0 saturated heterocycles. The van der Waals surface area contributed by atoms with Crippen molar-refractivity contribution in [1.82, 2.24) is 9.97 Å². The number of hydrogen-bond acceptors (Lipinski definition) is 7. The van der Waals surface area contributed by atoms with Gasteiger partial charge >= 0.3 is 6.29 Å². The van der Waals surface area contributed by atoms with Crippen LogP contribution in [-0.2, 0) is 6.54 Å². The van der Waals surface area contributed by atoms with Gasteiger partial charge in [0.25, 0.3) is 5.91 Å². The van der Waals surface area contributed by atoms with Crippen LogP contribution in [0.2, 0.25) is 0 Å².